The number of pyridine rings is 2. The Kier molecular flexibility index (Phi) is 7.18. The summed E-state index contributed by atoms with van der Waals surface area (Å²) in [4.78, 5) is 27.7. The number of ether oxygens (including phenoxy) is 1. The zero-order valence-corrected chi connectivity index (χ0v) is 24.8. The van der Waals surface area contributed by atoms with Gasteiger partial charge in [-0.05, 0) is 68.3 Å². The molecule has 1 aromatic carbocycles. The number of hydrogen-bond donors (Lipinski definition) is 0. The maximum Gasteiger partial charge on any atom is 0.246 e. The number of amides is 1. The molecule has 2 aromatic heterocycles. The van der Waals surface area contributed by atoms with Crippen molar-refractivity contribution in [3.63, 3.8) is 0 Å². The van der Waals surface area contributed by atoms with Crippen LogP contribution in [0.5, 0.6) is 5.88 Å². The van der Waals surface area contributed by atoms with Gasteiger partial charge in [-0.1, -0.05) is 24.8 Å². The van der Waals surface area contributed by atoms with E-state index in [1.165, 1.54) is 17.2 Å². The van der Waals surface area contributed by atoms with Crippen molar-refractivity contribution in [2.45, 2.75) is 50.1 Å². The van der Waals surface area contributed by atoms with Gasteiger partial charge in [-0.25, -0.2) is 9.37 Å². The molecule has 0 bridgehead atoms. The number of rotatable bonds is 7. The van der Waals surface area contributed by atoms with Crippen LogP contribution in [0.2, 0.25) is 0 Å². The number of aromatic nitrogens is 2. The van der Waals surface area contributed by atoms with Gasteiger partial charge in [0.1, 0.15) is 29.5 Å². The molecule has 4 aliphatic rings. The first kappa shape index (κ1) is 28.2. The van der Waals surface area contributed by atoms with Crippen LogP contribution in [0, 0.1) is 34.4 Å². The first-order valence-corrected chi connectivity index (χ1v) is 15.4. The van der Waals surface area contributed by atoms with Crippen molar-refractivity contribution >= 4 is 22.5 Å². The van der Waals surface area contributed by atoms with E-state index < -0.39 is 11.9 Å². The third kappa shape index (κ3) is 4.65. The van der Waals surface area contributed by atoms with Crippen LogP contribution in [-0.4, -0.2) is 77.6 Å². The van der Waals surface area contributed by atoms with Crippen LogP contribution in [0.25, 0.3) is 22.2 Å². The number of carbonyl (C=O) groups excluding carboxylic acids is 1. The number of fused-ring (bicyclic) bond motifs is 4. The van der Waals surface area contributed by atoms with Crippen LogP contribution in [0.3, 0.4) is 0 Å². The number of likely N-dealkylation sites (tertiary alicyclic amines) is 1. The second kappa shape index (κ2) is 11.2. The highest BCUT2D eigenvalue weighted by molar-refractivity contribution is 5.98. The molecule has 0 spiro atoms. The summed E-state index contributed by atoms with van der Waals surface area (Å²) in [5.74, 6) is 0.395. The zero-order chi connectivity index (χ0) is 30.5. The highest BCUT2D eigenvalue weighted by Crippen LogP contribution is 2.58. The molecule has 3 aromatic rings. The van der Waals surface area contributed by atoms with Gasteiger partial charge in [0.05, 0.1) is 24.2 Å². The van der Waals surface area contributed by atoms with Crippen LogP contribution in [0.4, 0.5) is 10.1 Å². The molecule has 9 nitrogen and oxygen atoms in total. The number of anilines is 1. The molecule has 10 heteroatoms. The molecular formula is C34H34FN7O2. The molecule has 1 saturated carbocycles. The van der Waals surface area contributed by atoms with E-state index in [1.54, 1.807) is 11.1 Å². The molecule has 2 aliphatic carbocycles. The largest absolute Gasteiger partial charge is 0.475 e. The van der Waals surface area contributed by atoms with Crippen molar-refractivity contribution in [2.75, 3.05) is 44.7 Å². The second-order valence-corrected chi connectivity index (χ2v) is 12.4. The first-order valence-electron chi connectivity index (χ1n) is 15.4. The quantitative estimate of drug-likeness (QED) is 0.368. The summed E-state index contributed by atoms with van der Waals surface area (Å²) in [6.07, 6.45) is 7.16. The topological polar surface area (TPSA) is 109 Å². The Morgan fingerprint density at radius 1 is 1.25 bits per heavy atom. The first-order chi connectivity index (χ1) is 21.4. The summed E-state index contributed by atoms with van der Waals surface area (Å²) in [5, 5.41) is 20.4. The van der Waals surface area contributed by atoms with Crippen molar-refractivity contribution in [1.82, 2.24) is 19.8 Å². The van der Waals surface area contributed by atoms with E-state index in [4.69, 9.17) is 4.74 Å². The fourth-order valence-corrected chi connectivity index (χ4v) is 7.53. The molecule has 0 N–H and O–H groups in total. The minimum atomic E-state index is -0.539. The number of nitrogens with zero attached hydrogens (tertiary/aromatic N) is 7. The van der Waals surface area contributed by atoms with Crippen LogP contribution >= 0.6 is 0 Å². The van der Waals surface area contributed by atoms with Gasteiger partial charge in [-0.15, -0.1) is 0 Å². The fraction of sp³-hybridized carbons (Fsp3) is 0.441. The Hall–Kier alpha value is -4.54. The van der Waals surface area contributed by atoms with Gasteiger partial charge in [0, 0.05) is 42.8 Å². The summed E-state index contributed by atoms with van der Waals surface area (Å²) in [6, 6.07) is 10.2. The highest BCUT2D eigenvalue weighted by Gasteiger charge is 2.46. The number of likely N-dealkylation sites (N-methyl/N-ethyl adjacent to an activating group) is 1. The van der Waals surface area contributed by atoms with Gasteiger partial charge in [0.25, 0.3) is 0 Å². The molecular weight excluding hydrogens is 557 g/mol. The third-order valence-electron chi connectivity index (χ3n) is 9.92. The molecule has 0 radical (unpaired) electrons. The molecule has 2 aliphatic heterocycles. The van der Waals surface area contributed by atoms with Gasteiger partial charge in [0.15, 0.2) is 5.82 Å². The fourth-order valence-electron chi connectivity index (χ4n) is 7.53. The number of halogens is 1. The lowest BCUT2D eigenvalue weighted by molar-refractivity contribution is -0.128. The van der Waals surface area contributed by atoms with Crippen LogP contribution in [-0.2, 0) is 11.2 Å². The Morgan fingerprint density at radius 3 is 2.86 bits per heavy atom. The summed E-state index contributed by atoms with van der Waals surface area (Å²) in [6.45, 7) is 5.88. The normalized spacial score (nSPS) is 24.0. The minimum Gasteiger partial charge on any atom is -0.475 e. The summed E-state index contributed by atoms with van der Waals surface area (Å²) in [7, 11) is 2.05. The summed E-state index contributed by atoms with van der Waals surface area (Å²) >= 11 is 0. The summed E-state index contributed by atoms with van der Waals surface area (Å²) < 4.78 is 23.0. The van der Waals surface area contributed by atoms with E-state index in [0.29, 0.717) is 42.6 Å². The van der Waals surface area contributed by atoms with Crippen molar-refractivity contribution in [3.05, 3.63) is 59.6 Å². The standard InChI is InChI=1S/C34H34FN7O2/c1-3-28(43)42-13-12-41(18-22(42)9-10-36)33-26(16-37)34(44-19-23-7-5-11-40(23)2)39-32-27(33)17-38-31(30(32)35)24-8-4-6-20-14-21-15-25(21)29(20)24/h3-4,6,8,17,21-23,25H,1,5,7,9,11-15,18-19H2,2H3/t21?,22-,23-,25?/m0/s1. The van der Waals surface area contributed by atoms with Crippen molar-refractivity contribution in [1.29, 1.82) is 10.5 Å². The minimum absolute atomic E-state index is 0.0910. The van der Waals surface area contributed by atoms with Crippen LogP contribution < -0.4 is 9.64 Å². The molecule has 7 rings (SSSR count). The molecule has 44 heavy (non-hydrogen) atoms. The molecule has 1 amide bonds. The zero-order valence-electron chi connectivity index (χ0n) is 24.8. The van der Waals surface area contributed by atoms with Crippen molar-refractivity contribution < 1.29 is 13.9 Å². The second-order valence-electron chi connectivity index (χ2n) is 12.4. The smallest absolute Gasteiger partial charge is 0.246 e. The number of carbonyl (C=O) groups is 1. The SMILES string of the molecule is C=CC(=O)N1CCN(c2c(C#N)c(OC[C@@H]3CCCN3C)nc3c(F)c(-c4cccc5c4C4CC4C5)ncc23)C[C@@H]1CC#N. The predicted molar refractivity (Wildman–Crippen MR) is 163 cm³/mol. The van der Waals surface area contributed by atoms with Crippen LogP contribution in [0.1, 0.15) is 48.3 Å². The maximum absolute atomic E-state index is 16.7. The lowest BCUT2D eigenvalue weighted by Crippen LogP contribution is -2.55. The average molecular weight is 592 g/mol. The third-order valence-corrected chi connectivity index (χ3v) is 9.92. The lowest BCUT2D eigenvalue weighted by atomic mass is 9.96. The van der Waals surface area contributed by atoms with Gasteiger partial charge in [-0.3, -0.25) is 9.78 Å². The van der Waals surface area contributed by atoms with E-state index in [0.717, 1.165) is 37.8 Å². The van der Waals surface area contributed by atoms with Crippen molar-refractivity contribution in [3.8, 4) is 29.3 Å². The number of piperazine rings is 1. The molecule has 2 saturated heterocycles. The Labute approximate surface area is 256 Å². The number of nitriles is 2. The van der Waals surface area contributed by atoms with E-state index >= 15 is 4.39 Å². The Balaban J connectivity index is 1.36. The predicted octanol–water partition coefficient (Wildman–Crippen LogP) is 4.56. The molecule has 224 valence electrons. The Morgan fingerprint density at radius 2 is 2.11 bits per heavy atom. The van der Waals surface area contributed by atoms with Gasteiger partial charge >= 0.3 is 0 Å². The average Bonchev–Trinajstić information content (AvgIpc) is 3.51. The van der Waals surface area contributed by atoms with E-state index in [9.17, 15) is 15.3 Å². The van der Waals surface area contributed by atoms with Crippen LogP contribution in [0.15, 0.2) is 37.1 Å². The molecule has 4 atom stereocenters. The van der Waals surface area contributed by atoms with E-state index in [-0.39, 0.29) is 47.6 Å². The van der Waals surface area contributed by atoms with Crippen molar-refractivity contribution in [2.24, 2.45) is 5.92 Å². The molecule has 2 unspecified atom stereocenters. The molecule has 4 heterocycles. The van der Waals surface area contributed by atoms with E-state index in [2.05, 4.69) is 39.7 Å². The number of hydrogen-bond acceptors (Lipinski definition) is 8. The highest BCUT2D eigenvalue weighted by atomic mass is 19.1. The van der Waals surface area contributed by atoms with Gasteiger partial charge < -0.3 is 19.4 Å². The van der Waals surface area contributed by atoms with Gasteiger partial charge in [0.2, 0.25) is 11.8 Å². The van der Waals surface area contributed by atoms with E-state index in [1.807, 2.05) is 24.1 Å². The Bertz CT molecular complexity index is 1760. The van der Waals surface area contributed by atoms with Gasteiger partial charge in [-0.2, -0.15) is 10.5 Å². The number of benzene rings is 1. The maximum atomic E-state index is 16.7. The monoisotopic (exact) mass is 591 g/mol. The lowest BCUT2D eigenvalue weighted by Gasteiger charge is -2.42. The molecule has 3 fully saturated rings. The summed E-state index contributed by atoms with van der Waals surface area (Å²) in [5.41, 5.74) is 4.30.